The summed E-state index contributed by atoms with van der Waals surface area (Å²) >= 11 is 0. The van der Waals surface area contributed by atoms with Crippen molar-refractivity contribution in [1.29, 1.82) is 0 Å². The van der Waals surface area contributed by atoms with Crippen LogP contribution in [0, 0.1) is 0 Å². The molecule has 0 bridgehead atoms. The SMILES string of the molecule is CC/C=C\C/C=C\C/C=C\C/C=C\CCCCCCCCCCC(=O)NC(COC1OC(CO)C(OC2OC(CO)C(O)C(O)C2O)C(O)C1O)C(O)/C=C/CC/C=C/CC/C=C/CCCCCCCCCCCCCCCCCCCCCC. The summed E-state index contributed by atoms with van der Waals surface area (Å²) < 4.78 is 22.8. The monoisotopic (exact) mass is 1200 g/mol. The summed E-state index contributed by atoms with van der Waals surface area (Å²) in [6, 6.07) is -0.949. The molecule has 0 spiro atoms. The fourth-order valence-corrected chi connectivity index (χ4v) is 10.8. The molecule has 9 N–H and O–H groups in total. The number of ether oxygens (including phenoxy) is 4. The third-order valence-corrected chi connectivity index (χ3v) is 16.3. The van der Waals surface area contributed by atoms with Gasteiger partial charge in [0.2, 0.25) is 5.91 Å². The van der Waals surface area contributed by atoms with Gasteiger partial charge in [-0.15, -0.1) is 0 Å². The molecule has 0 aromatic rings. The number of aliphatic hydroxyl groups is 8. The first-order valence-corrected chi connectivity index (χ1v) is 34.3. The highest BCUT2D eigenvalue weighted by Crippen LogP contribution is 2.30. The van der Waals surface area contributed by atoms with Crippen molar-refractivity contribution in [2.75, 3.05) is 19.8 Å². The summed E-state index contributed by atoms with van der Waals surface area (Å²) in [7, 11) is 0. The number of aliphatic hydroxyl groups excluding tert-OH is 8. The van der Waals surface area contributed by atoms with Gasteiger partial charge in [-0.3, -0.25) is 4.79 Å². The topological polar surface area (TPSA) is 228 Å². The molecule has 2 fully saturated rings. The Bertz CT molecular complexity index is 1750. The van der Waals surface area contributed by atoms with Crippen LogP contribution >= 0.6 is 0 Å². The molecule has 2 aliphatic rings. The summed E-state index contributed by atoms with van der Waals surface area (Å²) in [5.41, 5.74) is 0. The van der Waals surface area contributed by atoms with Crippen molar-refractivity contribution in [2.45, 2.75) is 338 Å². The molecule has 12 unspecified atom stereocenters. The second-order valence-corrected chi connectivity index (χ2v) is 23.9. The maximum absolute atomic E-state index is 13.3. The van der Waals surface area contributed by atoms with Crippen molar-refractivity contribution in [3.05, 3.63) is 85.1 Å². The van der Waals surface area contributed by atoms with Crippen molar-refractivity contribution in [3.63, 3.8) is 0 Å². The summed E-state index contributed by atoms with van der Waals surface area (Å²) in [6.45, 7) is 2.67. The molecule has 2 aliphatic heterocycles. The number of nitrogens with one attached hydrogen (secondary N) is 1. The Morgan fingerprint density at radius 3 is 1.29 bits per heavy atom. The number of rotatable bonds is 55. The van der Waals surface area contributed by atoms with Crippen LogP contribution in [0.2, 0.25) is 0 Å². The molecule has 2 saturated heterocycles. The van der Waals surface area contributed by atoms with Gasteiger partial charge in [0.15, 0.2) is 12.6 Å². The molecule has 14 heteroatoms. The van der Waals surface area contributed by atoms with E-state index in [1.54, 1.807) is 6.08 Å². The van der Waals surface area contributed by atoms with E-state index in [9.17, 15) is 45.6 Å². The zero-order valence-corrected chi connectivity index (χ0v) is 53.3. The predicted molar refractivity (Wildman–Crippen MR) is 346 cm³/mol. The lowest BCUT2D eigenvalue weighted by Crippen LogP contribution is -2.65. The van der Waals surface area contributed by atoms with E-state index >= 15 is 0 Å². The first-order chi connectivity index (χ1) is 41.6. The highest BCUT2D eigenvalue weighted by molar-refractivity contribution is 5.76. The largest absolute Gasteiger partial charge is 0.394 e. The quantitative estimate of drug-likeness (QED) is 0.0204. The Hall–Kier alpha value is -2.83. The van der Waals surface area contributed by atoms with Gasteiger partial charge in [-0.25, -0.2) is 0 Å². The summed E-state index contributed by atoms with van der Waals surface area (Å²) in [4.78, 5) is 13.3. The van der Waals surface area contributed by atoms with Crippen LogP contribution < -0.4 is 5.32 Å². The molecule has 12 atom stereocenters. The molecule has 2 rings (SSSR count). The van der Waals surface area contributed by atoms with Gasteiger partial charge in [-0.2, -0.15) is 0 Å². The standard InChI is InChI=1S/C71H125NO13/c1-3-5-7-9-11-13-15-17-19-21-23-25-26-27-28-29-30-31-32-33-35-36-38-40-42-44-46-48-50-52-54-60(75)59(58-82-70-68(81)66(79)69(62(57-74)84-70)85-71-67(80)65(78)64(77)61(56-73)83-71)72-63(76)55-53-51-49-47-45-43-41-39-37-34-24-22-20-18-16-14-12-10-8-6-4-2/h6,8,12,14,18,20,24,34,36,38,44,46,52,54,59-62,64-71,73-75,77-81H,3-5,7,9-11,13,15-17,19,21-23,25-33,35,37,39-43,45,47-51,53,55-58H2,1-2H3,(H,72,76)/b8-6-,14-12-,20-18-,34-24-,38-36+,46-44+,54-52+. The van der Waals surface area contributed by atoms with Crippen LogP contribution in [0.25, 0.3) is 0 Å². The molecule has 2 heterocycles. The van der Waals surface area contributed by atoms with Crippen LogP contribution in [0.4, 0.5) is 0 Å². The molecule has 14 nitrogen and oxygen atoms in total. The Morgan fingerprint density at radius 2 is 0.824 bits per heavy atom. The number of hydrogen-bond acceptors (Lipinski definition) is 13. The molecular formula is C71H125NO13. The number of carbonyl (C=O) groups excluding carboxylic acids is 1. The lowest BCUT2D eigenvalue weighted by molar-refractivity contribution is -0.359. The van der Waals surface area contributed by atoms with E-state index in [1.165, 1.54) is 148 Å². The van der Waals surface area contributed by atoms with Crippen LogP contribution in [0.3, 0.4) is 0 Å². The molecule has 0 radical (unpaired) electrons. The third-order valence-electron chi connectivity index (χ3n) is 16.3. The average Bonchev–Trinajstić information content (AvgIpc) is 3.69. The van der Waals surface area contributed by atoms with Crippen molar-refractivity contribution in [2.24, 2.45) is 0 Å². The van der Waals surface area contributed by atoms with E-state index < -0.39 is 86.8 Å². The van der Waals surface area contributed by atoms with Crippen LogP contribution in [0.15, 0.2) is 85.1 Å². The Balaban J connectivity index is 1.72. The molecule has 85 heavy (non-hydrogen) atoms. The molecule has 0 aliphatic carbocycles. The highest BCUT2D eigenvalue weighted by atomic mass is 16.7. The number of carbonyl (C=O) groups is 1. The zero-order valence-electron chi connectivity index (χ0n) is 53.3. The Kier molecular flexibility index (Phi) is 50.9. The van der Waals surface area contributed by atoms with E-state index in [2.05, 4.69) is 92.1 Å². The van der Waals surface area contributed by atoms with Gasteiger partial charge < -0.3 is 65.1 Å². The van der Waals surface area contributed by atoms with Gasteiger partial charge in [0.1, 0.15) is 48.8 Å². The average molecular weight is 1200 g/mol. The van der Waals surface area contributed by atoms with E-state index in [-0.39, 0.29) is 18.9 Å². The number of allylic oxidation sites excluding steroid dienone is 13. The van der Waals surface area contributed by atoms with Gasteiger partial charge in [0.25, 0.3) is 0 Å². The minimum Gasteiger partial charge on any atom is -0.394 e. The number of amides is 1. The Labute approximate surface area is 516 Å². The summed E-state index contributed by atoms with van der Waals surface area (Å²) in [5, 5.41) is 87.3. The molecular weight excluding hydrogens is 1070 g/mol. The fraction of sp³-hybridized carbons (Fsp3) is 0.789. The van der Waals surface area contributed by atoms with E-state index in [0.717, 1.165) is 83.5 Å². The lowest BCUT2D eigenvalue weighted by Gasteiger charge is -2.46. The van der Waals surface area contributed by atoms with Crippen molar-refractivity contribution in [1.82, 2.24) is 5.32 Å². The Morgan fingerprint density at radius 1 is 0.435 bits per heavy atom. The smallest absolute Gasteiger partial charge is 0.220 e. The highest BCUT2D eigenvalue weighted by Gasteiger charge is 2.51. The molecule has 492 valence electrons. The van der Waals surface area contributed by atoms with Gasteiger partial charge in [0, 0.05) is 6.42 Å². The fourth-order valence-electron chi connectivity index (χ4n) is 10.8. The first kappa shape index (κ1) is 78.3. The number of hydrogen-bond donors (Lipinski definition) is 9. The first-order valence-electron chi connectivity index (χ1n) is 34.3. The van der Waals surface area contributed by atoms with Crippen molar-refractivity contribution in [3.8, 4) is 0 Å². The van der Waals surface area contributed by atoms with E-state index in [0.29, 0.717) is 12.8 Å². The van der Waals surface area contributed by atoms with Gasteiger partial charge in [-0.1, -0.05) is 259 Å². The van der Waals surface area contributed by atoms with Gasteiger partial charge in [-0.05, 0) is 83.5 Å². The maximum Gasteiger partial charge on any atom is 0.220 e. The second-order valence-electron chi connectivity index (χ2n) is 23.9. The van der Waals surface area contributed by atoms with Crippen LogP contribution in [-0.2, 0) is 23.7 Å². The van der Waals surface area contributed by atoms with Crippen molar-refractivity contribution < 1.29 is 64.6 Å². The lowest BCUT2D eigenvalue weighted by atomic mass is 9.97. The summed E-state index contributed by atoms with van der Waals surface area (Å²) in [5.74, 6) is -0.263. The third kappa shape index (κ3) is 39.7. The maximum atomic E-state index is 13.3. The van der Waals surface area contributed by atoms with Crippen molar-refractivity contribution >= 4 is 5.91 Å². The molecule has 0 aromatic carbocycles. The minimum atomic E-state index is -1.80. The molecule has 1 amide bonds. The second kappa shape index (κ2) is 55.3. The molecule has 0 saturated carbocycles. The molecule has 0 aromatic heterocycles. The van der Waals surface area contributed by atoms with Gasteiger partial charge in [0.05, 0.1) is 32.0 Å². The van der Waals surface area contributed by atoms with E-state index in [4.69, 9.17) is 18.9 Å². The minimum absolute atomic E-state index is 0.256. The number of unbranched alkanes of at least 4 members (excludes halogenated alkanes) is 30. The normalized spacial score (nSPS) is 24.1. The summed E-state index contributed by atoms with van der Waals surface area (Å²) in [6.07, 6.45) is 59.3. The van der Waals surface area contributed by atoms with Crippen LogP contribution in [0.1, 0.15) is 264 Å². The zero-order chi connectivity index (χ0) is 61.6. The predicted octanol–water partition coefficient (Wildman–Crippen LogP) is 13.6. The van der Waals surface area contributed by atoms with Gasteiger partial charge >= 0.3 is 0 Å². The van der Waals surface area contributed by atoms with Crippen LogP contribution in [0.5, 0.6) is 0 Å². The van der Waals surface area contributed by atoms with Crippen LogP contribution in [-0.4, -0.2) is 140 Å². The van der Waals surface area contributed by atoms with E-state index in [1.807, 2.05) is 6.08 Å².